The Balaban J connectivity index is 3.46. The van der Waals surface area contributed by atoms with Crippen LogP contribution in [0.3, 0.4) is 0 Å². The molecule has 2 nitrogen and oxygen atoms in total. The summed E-state index contributed by atoms with van der Waals surface area (Å²) >= 11 is 5.78. The van der Waals surface area contributed by atoms with Crippen LogP contribution in [0, 0.1) is 5.82 Å². The summed E-state index contributed by atoms with van der Waals surface area (Å²) in [6.45, 7) is 3.63. The van der Waals surface area contributed by atoms with Crippen LogP contribution in [-0.2, 0) is 9.84 Å². The van der Waals surface area contributed by atoms with Gasteiger partial charge in [-0.3, -0.25) is 0 Å². The highest BCUT2D eigenvalue weighted by Crippen LogP contribution is 2.28. The molecule has 15 heavy (non-hydrogen) atoms. The molecule has 0 aromatic heterocycles. The molecule has 5 heteroatoms. The standard InChI is InChI=1S/C10H12ClFO2S/c1-6(2)7-4-8(11)10(5-9(7)12)15(3,13)14/h4-6H,1-3H3. The summed E-state index contributed by atoms with van der Waals surface area (Å²) < 4.78 is 36.0. The number of rotatable bonds is 2. The van der Waals surface area contributed by atoms with E-state index in [0.717, 1.165) is 12.3 Å². The Morgan fingerprint density at radius 2 is 1.87 bits per heavy atom. The summed E-state index contributed by atoms with van der Waals surface area (Å²) in [6.07, 6.45) is 1.00. The minimum absolute atomic E-state index is 0.0314. The molecule has 1 aromatic rings. The fraction of sp³-hybridized carbons (Fsp3) is 0.400. The molecule has 1 rings (SSSR count). The zero-order valence-corrected chi connectivity index (χ0v) is 10.3. The van der Waals surface area contributed by atoms with Crippen LogP contribution < -0.4 is 0 Å². The normalized spacial score (nSPS) is 12.1. The second-order valence-corrected chi connectivity index (χ2v) is 6.12. The average molecular weight is 251 g/mol. The Hall–Kier alpha value is -0.610. The first-order valence-electron chi connectivity index (χ1n) is 4.42. The molecule has 1 aromatic carbocycles. The van der Waals surface area contributed by atoms with Crippen LogP contribution in [0.25, 0.3) is 0 Å². The summed E-state index contributed by atoms with van der Waals surface area (Å²) in [5.74, 6) is -0.564. The zero-order valence-electron chi connectivity index (χ0n) is 8.71. The topological polar surface area (TPSA) is 34.1 Å². The van der Waals surface area contributed by atoms with Gasteiger partial charge in [-0.2, -0.15) is 0 Å². The highest BCUT2D eigenvalue weighted by Gasteiger charge is 2.17. The zero-order chi connectivity index (χ0) is 11.8. The van der Waals surface area contributed by atoms with Crippen LogP contribution >= 0.6 is 11.6 Å². The Morgan fingerprint density at radius 3 is 2.27 bits per heavy atom. The van der Waals surface area contributed by atoms with E-state index in [1.165, 1.54) is 6.07 Å². The smallest absolute Gasteiger partial charge is 0.177 e. The van der Waals surface area contributed by atoms with Gasteiger partial charge in [-0.25, -0.2) is 12.8 Å². The van der Waals surface area contributed by atoms with Crippen molar-refractivity contribution < 1.29 is 12.8 Å². The minimum atomic E-state index is -3.47. The van der Waals surface area contributed by atoms with Crippen molar-refractivity contribution in [1.82, 2.24) is 0 Å². The van der Waals surface area contributed by atoms with Crippen molar-refractivity contribution in [2.24, 2.45) is 0 Å². The molecule has 0 aliphatic rings. The summed E-state index contributed by atoms with van der Waals surface area (Å²) in [7, 11) is -3.47. The van der Waals surface area contributed by atoms with Crippen molar-refractivity contribution in [3.63, 3.8) is 0 Å². The molecule has 0 aliphatic carbocycles. The minimum Gasteiger partial charge on any atom is -0.224 e. The van der Waals surface area contributed by atoms with Gasteiger partial charge in [0.2, 0.25) is 0 Å². The third-order valence-corrected chi connectivity index (χ3v) is 3.63. The van der Waals surface area contributed by atoms with E-state index in [4.69, 9.17) is 11.6 Å². The largest absolute Gasteiger partial charge is 0.224 e. The first kappa shape index (κ1) is 12.5. The van der Waals surface area contributed by atoms with E-state index < -0.39 is 15.7 Å². The SMILES string of the molecule is CC(C)c1cc(Cl)c(S(C)(=O)=O)cc1F. The van der Waals surface area contributed by atoms with Crippen molar-refractivity contribution in [1.29, 1.82) is 0 Å². The van der Waals surface area contributed by atoms with Crippen molar-refractivity contribution >= 4 is 21.4 Å². The molecule has 0 fully saturated rings. The number of halogens is 2. The molecule has 0 amide bonds. The van der Waals surface area contributed by atoms with E-state index in [9.17, 15) is 12.8 Å². The third-order valence-electron chi connectivity index (χ3n) is 2.07. The maximum Gasteiger partial charge on any atom is 0.177 e. The maximum atomic E-state index is 13.5. The van der Waals surface area contributed by atoms with Gasteiger partial charge in [0.15, 0.2) is 9.84 Å². The van der Waals surface area contributed by atoms with Crippen LogP contribution in [0.1, 0.15) is 25.3 Å². The Bertz CT molecular complexity index is 480. The predicted molar refractivity (Wildman–Crippen MR) is 58.6 cm³/mol. The van der Waals surface area contributed by atoms with Crippen LogP contribution in [-0.4, -0.2) is 14.7 Å². The summed E-state index contributed by atoms with van der Waals surface area (Å²) in [5, 5.41) is 0.0719. The van der Waals surface area contributed by atoms with Gasteiger partial charge in [-0.1, -0.05) is 25.4 Å². The van der Waals surface area contributed by atoms with Gasteiger partial charge in [0, 0.05) is 6.26 Å². The number of benzene rings is 1. The molecule has 0 saturated carbocycles. The molecule has 0 aliphatic heterocycles. The van der Waals surface area contributed by atoms with E-state index in [2.05, 4.69) is 0 Å². The second kappa shape index (κ2) is 4.10. The first-order valence-corrected chi connectivity index (χ1v) is 6.69. The van der Waals surface area contributed by atoms with Crippen molar-refractivity contribution in [2.75, 3.05) is 6.26 Å². The Labute approximate surface area is 94.0 Å². The highest BCUT2D eigenvalue weighted by atomic mass is 35.5. The van der Waals surface area contributed by atoms with Crippen LogP contribution in [0.5, 0.6) is 0 Å². The molecule has 0 heterocycles. The molecule has 0 atom stereocenters. The second-order valence-electron chi connectivity index (χ2n) is 3.73. The van der Waals surface area contributed by atoms with E-state index in [-0.39, 0.29) is 15.8 Å². The third kappa shape index (κ3) is 2.69. The van der Waals surface area contributed by atoms with E-state index in [1.807, 2.05) is 13.8 Å². The average Bonchev–Trinajstić information content (AvgIpc) is 2.06. The fourth-order valence-corrected chi connectivity index (χ4v) is 2.59. The molecule has 0 saturated heterocycles. The van der Waals surface area contributed by atoms with E-state index >= 15 is 0 Å². The Morgan fingerprint density at radius 1 is 1.33 bits per heavy atom. The Kier molecular flexibility index (Phi) is 3.41. The molecule has 0 unspecified atom stereocenters. The lowest BCUT2D eigenvalue weighted by Gasteiger charge is -2.10. The van der Waals surface area contributed by atoms with Crippen LogP contribution in [0.15, 0.2) is 17.0 Å². The van der Waals surface area contributed by atoms with E-state index in [1.54, 1.807) is 0 Å². The van der Waals surface area contributed by atoms with E-state index in [0.29, 0.717) is 5.56 Å². The summed E-state index contributed by atoms with van der Waals surface area (Å²) in [6, 6.07) is 2.35. The molecule has 0 bridgehead atoms. The number of hydrogen-bond acceptors (Lipinski definition) is 2. The molecule has 0 radical (unpaired) electrons. The predicted octanol–water partition coefficient (Wildman–Crippen LogP) is 3.01. The maximum absolute atomic E-state index is 13.5. The summed E-state index contributed by atoms with van der Waals surface area (Å²) in [4.78, 5) is -0.161. The van der Waals surface area contributed by atoms with Crippen LogP contribution in [0.4, 0.5) is 4.39 Å². The molecule has 84 valence electrons. The van der Waals surface area contributed by atoms with Gasteiger partial charge in [0.25, 0.3) is 0 Å². The van der Waals surface area contributed by atoms with Gasteiger partial charge in [-0.15, -0.1) is 0 Å². The van der Waals surface area contributed by atoms with Crippen molar-refractivity contribution in [3.8, 4) is 0 Å². The highest BCUT2D eigenvalue weighted by molar-refractivity contribution is 7.90. The monoisotopic (exact) mass is 250 g/mol. The molecular weight excluding hydrogens is 239 g/mol. The summed E-state index contributed by atoms with van der Waals surface area (Å²) in [5.41, 5.74) is 0.424. The molecule has 0 spiro atoms. The lowest BCUT2D eigenvalue weighted by atomic mass is 10.0. The first-order chi connectivity index (χ1) is 6.73. The van der Waals surface area contributed by atoms with Gasteiger partial charge in [0.1, 0.15) is 5.82 Å². The van der Waals surface area contributed by atoms with Crippen molar-refractivity contribution in [2.45, 2.75) is 24.7 Å². The van der Waals surface area contributed by atoms with Crippen LogP contribution in [0.2, 0.25) is 5.02 Å². The fourth-order valence-electron chi connectivity index (χ4n) is 1.27. The van der Waals surface area contributed by atoms with Gasteiger partial charge >= 0.3 is 0 Å². The lowest BCUT2D eigenvalue weighted by Crippen LogP contribution is -2.02. The lowest BCUT2D eigenvalue weighted by molar-refractivity contribution is 0.584. The van der Waals surface area contributed by atoms with Crippen molar-refractivity contribution in [3.05, 3.63) is 28.5 Å². The molecular formula is C10H12ClFO2S. The van der Waals surface area contributed by atoms with Gasteiger partial charge in [0.05, 0.1) is 9.92 Å². The quantitative estimate of drug-likeness (QED) is 0.809. The van der Waals surface area contributed by atoms with Gasteiger partial charge in [-0.05, 0) is 23.6 Å². The number of hydrogen-bond donors (Lipinski definition) is 0. The molecule has 0 N–H and O–H groups in total. The van der Waals surface area contributed by atoms with Gasteiger partial charge < -0.3 is 0 Å². The number of sulfone groups is 1.